The number of hydrogen-bond donors (Lipinski definition) is 1. The molecule has 2 heterocycles. The first-order valence-corrected chi connectivity index (χ1v) is 6.97. The van der Waals surface area contributed by atoms with Crippen LogP contribution in [0.2, 0.25) is 0 Å². The molecule has 2 rings (SSSR count). The number of rotatable bonds is 6. The van der Waals surface area contributed by atoms with Gasteiger partial charge in [0.1, 0.15) is 5.82 Å². The van der Waals surface area contributed by atoms with Crippen molar-refractivity contribution in [2.45, 2.75) is 39.7 Å². The van der Waals surface area contributed by atoms with Crippen molar-refractivity contribution in [1.82, 2.24) is 14.4 Å². The summed E-state index contributed by atoms with van der Waals surface area (Å²) in [6.07, 6.45) is 7.93. The van der Waals surface area contributed by atoms with Gasteiger partial charge in [-0.05, 0) is 19.8 Å². The third-order valence-electron chi connectivity index (χ3n) is 3.50. The van der Waals surface area contributed by atoms with E-state index in [-0.39, 0.29) is 0 Å². The molecule has 0 saturated heterocycles. The number of fused-ring (bicyclic) bond motifs is 1. The molecule has 0 fully saturated rings. The van der Waals surface area contributed by atoms with Gasteiger partial charge in [0.05, 0.1) is 6.20 Å². The molecule has 0 aliphatic carbocycles. The summed E-state index contributed by atoms with van der Waals surface area (Å²) >= 11 is 0. The van der Waals surface area contributed by atoms with Crippen LogP contribution in [0.1, 0.15) is 33.6 Å². The van der Waals surface area contributed by atoms with Crippen LogP contribution in [0.3, 0.4) is 0 Å². The normalized spacial score (nSPS) is 12.6. The molecule has 19 heavy (non-hydrogen) atoms. The van der Waals surface area contributed by atoms with Gasteiger partial charge in [-0.3, -0.25) is 0 Å². The van der Waals surface area contributed by atoms with Gasteiger partial charge in [-0.2, -0.15) is 0 Å². The number of anilines is 2. The average molecular weight is 261 g/mol. The Morgan fingerprint density at radius 2 is 2.21 bits per heavy atom. The highest BCUT2D eigenvalue weighted by atomic mass is 15.2. The highest BCUT2D eigenvalue weighted by Gasteiger charge is 2.15. The molecule has 5 heteroatoms. The van der Waals surface area contributed by atoms with Crippen molar-refractivity contribution in [3.63, 3.8) is 0 Å². The molecule has 2 aromatic heterocycles. The van der Waals surface area contributed by atoms with Gasteiger partial charge in [0.15, 0.2) is 11.5 Å². The van der Waals surface area contributed by atoms with Crippen LogP contribution in [0.25, 0.3) is 5.65 Å². The molecule has 0 aliphatic rings. The molecule has 0 saturated carbocycles. The van der Waals surface area contributed by atoms with Crippen LogP contribution in [0.15, 0.2) is 18.6 Å². The first kappa shape index (κ1) is 13.6. The largest absolute Gasteiger partial charge is 0.369 e. The van der Waals surface area contributed by atoms with Gasteiger partial charge in [-0.1, -0.05) is 13.8 Å². The van der Waals surface area contributed by atoms with Gasteiger partial charge in [0.25, 0.3) is 0 Å². The summed E-state index contributed by atoms with van der Waals surface area (Å²) in [4.78, 5) is 11.3. The molecule has 0 spiro atoms. The van der Waals surface area contributed by atoms with Crippen molar-refractivity contribution >= 4 is 17.3 Å². The molecule has 0 radical (unpaired) electrons. The number of aromatic nitrogens is 3. The maximum absolute atomic E-state index is 4.71. The fraction of sp³-hybridized carbons (Fsp3) is 0.571. The lowest BCUT2D eigenvalue weighted by Crippen LogP contribution is -2.29. The Kier molecular flexibility index (Phi) is 4.24. The summed E-state index contributed by atoms with van der Waals surface area (Å²) in [5.41, 5.74) is 0.907. The summed E-state index contributed by atoms with van der Waals surface area (Å²) in [5, 5.41) is 3.34. The zero-order chi connectivity index (χ0) is 13.8. The molecule has 1 unspecified atom stereocenters. The first-order valence-electron chi connectivity index (χ1n) is 6.97. The van der Waals surface area contributed by atoms with Gasteiger partial charge >= 0.3 is 0 Å². The van der Waals surface area contributed by atoms with Crippen LogP contribution < -0.4 is 10.2 Å². The Balaban J connectivity index is 2.41. The molecule has 5 nitrogen and oxygen atoms in total. The zero-order valence-corrected chi connectivity index (χ0v) is 12.2. The Hall–Kier alpha value is -1.78. The van der Waals surface area contributed by atoms with Crippen LogP contribution >= 0.6 is 0 Å². The number of imidazole rings is 1. The highest BCUT2D eigenvalue weighted by Crippen LogP contribution is 2.22. The van der Waals surface area contributed by atoms with Gasteiger partial charge in [-0.25, -0.2) is 9.97 Å². The fourth-order valence-corrected chi connectivity index (χ4v) is 1.97. The Bertz CT molecular complexity index is 534. The zero-order valence-electron chi connectivity index (χ0n) is 12.2. The topological polar surface area (TPSA) is 45.5 Å². The first-order chi connectivity index (χ1) is 9.17. The molecule has 2 aromatic rings. The summed E-state index contributed by atoms with van der Waals surface area (Å²) in [6.45, 7) is 7.46. The SMILES string of the molecule is CCCNc1cn2ccnc2c(N(C)C(C)CC)n1. The van der Waals surface area contributed by atoms with E-state index in [1.165, 1.54) is 0 Å². The van der Waals surface area contributed by atoms with Crippen molar-refractivity contribution in [2.24, 2.45) is 0 Å². The van der Waals surface area contributed by atoms with Crippen LogP contribution in [0.4, 0.5) is 11.6 Å². The van der Waals surface area contributed by atoms with Crippen molar-refractivity contribution in [3.8, 4) is 0 Å². The monoisotopic (exact) mass is 261 g/mol. The minimum atomic E-state index is 0.439. The van der Waals surface area contributed by atoms with Crippen LogP contribution in [0, 0.1) is 0 Å². The van der Waals surface area contributed by atoms with E-state index >= 15 is 0 Å². The van der Waals surface area contributed by atoms with E-state index in [0.29, 0.717) is 6.04 Å². The molecule has 0 aliphatic heterocycles. The molecule has 1 N–H and O–H groups in total. The lowest BCUT2D eigenvalue weighted by Gasteiger charge is -2.25. The van der Waals surface area contributed by atoms with Crippen LogP contribution in [0.5, 0.6) is 0 Å². The Morgan fingerprint density at radius 1 is 1.42 bits per heavy atom. The average Bonchev–Trinajstić information content (AvgIpc) is 2.90. The summed E-state index contributed by atoms with van der Waals surface area (Å²) < 4.78 is 2.03. The van der Waals surface area contributed by atoms with Crippen molar-refractivity contribution in [3.05, 3.63) is 18.6 Å². The van der Waals surface area contributed by atoms with E-state index in [0.717, 1.165) is 36.7 Å². The maximum atomic E-state index is 4.71. The molecule has 0 aromatic carbocycles. The van der Waals surface area contributed by atoms with E-state index in [1.807, 2.05) is 23.0 Å². The minimum Gasteiger partial charge on any atom is -0.369 e. The van der Waals surface area contributed by atoms with Crippen LogP contribution in [-0.4, -0.2) is 34.0 Å². The Labute approximate surface area is 114 Å². The lowest BCUT2D eigenvalue weighted by molar-refractivity contribution is 0.657. The standard InChI is InChI=1S/C14H23N5/c1-5-7-15-12-10-19-9-8-16-13(19)14(17-12)18(4)11(3)6-2/h8-11,15H,5-7H2,1-4H3. The summed E-state index contributed by atoms with van der Waals surface area (Å²) in [5.74, 6) is 1.83. The van der Waals surface area contributed by atoms with Crippen LogP contribution in [-0.2, 0) is 0 Å². The lowest BCUT2D eigenvalue weighted by atomic mass is 10.2. The number of nitrogens with zero attached hydrogens (tertiary/aromatic N) is 4. The molecule has 0 amide bonds. The molecular formula is C14H23N5. The van der Waals surface area contributed by atoms with Gasteiger partial charge in [-0.15, -0.1) is 0 Å². The predicted octanol–water partition coefficient (Wildman–Crippen LogP) is 2.79. The summed E-state index contributed by atoms with van der Waals surface area (Å²) in [6, 6.07) is 0.439. The third-order valence-corrected chi connectivity index (χ3v) is 3.50. The summed E-state index contributed by atoms with van der Waals surface area (Å²) in [7, 11) is 2.08. The van der Waals surface area contributed by atoms with E-state index in [2.05, 4.69) is 43.0 Å². The maximum Gasteiger partial charge on any atom is 0.180 e. The van der Waals surface area contributed by atoms with E-state index < -0.39 is 0 Å². The second-order valence-electron chi connectivity index (χ2n) is 4.90. The Morgan fingerprint density at radius 3 is 2.89 bits per heavy atom. The molecular weight excluding hydrogens is 238 g/mol. The fourth-order valence-electron chi connectivity index (χ4n) is 1.97. The number of nitrogens with one attached hydrogen (secondary N) is 1. The number of hydrogen-bond acceptors (Lipinski definition) is 4. The minimum absolute atomic E-state index is 0.439. The van der Waals surface area contributed by atoms with Gasteiger partial charge in [0.2, 0.25) is 0 Å². The van der Waals surface area contributed by atoms with E-state index in [4.69, 9.17) is 4.98 Å². The smallest absolute Gasteiger partial charge is 0.180 e. The van der Waals surface area contributed by atoms with Gasteiger partial charge < -0.3 is 14.6 Å². The van der Waals surface area contributed by atoms with Gasteiger partial charge in [0, 0.05) is 32.0 Å². The van der Waals surface area contributed by atoms with Crippen molar-refractivity contribution < 1.29 is 0 Å². The predicted molar refractivity (Wildman–Crippen MR) is 79.9 cm³/mol. The molecule has 1 atom stereocenters. The van der Waals surface area contributed by atoms with E-state index in [9.17, 15) is 0 Å². The van der Waals surface area contributed by atoms with Crippen molar-refractivity contribution in [2.75, 3.05) is 23.8 Å². The molecule has 0 bridgehead atoms. The second kappa shape index (κ2) is 5.91. The highest BCUT2D eigenvalue weighted by molar-refractivity contribution is 5.66. The molecule has 104 valence electrons. The van der Waals surface area contributed by atoms with E-state index in [1.54, 1.807) is 0 Å². The third kappa shape index (κ3) is 2.80. The second-order valence-corrected chi connectivity index (χ2v) is 4.90. The quantitative estimate of drug-likeness (QED) is 0.868. The van der Waals surface area contributed by atoms with Crippen molar-refractivity contribution in [1.29, 1.82) is 0 Å².